The number of hydrogen-bond acceptors (Lipinski definition) is 4. The summed E-state index contributed by atoms with van der Waals surface area (Å²) in [6.45, 7) is 0.630. The molecule has 0 saturated carbocycles. The van der Waals surface area contributed by atoms with Gasteiger partial charge in [-0.15, -0.1) is 0 Å². The molecule has 21 heavy (non-hydrogen) atoms. The van der Waals surface area contributed by atoms with Crippen molar-refractivity contribution in [3.05, 3.63) is 60.4 Å². The lowest BCUT2D eigenvalue weighted by atomic mass is 10.1. The van der Waals surface area contributed by atoms with Gasteiger partial charge in [0.15, 0.2) is 0 Å². The van der Waals surface area contributed by atoms with Gasteiger partial charge in [0.25, 0.3) is 0 Å². The summed E-state index contributed by atoms with van der Waals surface area (Å²) in [6.07, 6.45) is 3.60. The van der Waals surface area contributed by atoms with Crippen molar-refractivity contribution in [2.24, 2.45) is 0 Å². The first-order valence-electron chi connectivity index (χ1n) is 6.93. The third-order valence-electron chi connectivity index (χ3n) is 3.88. The molecule has 1 aromatic heterocycles. The molecule has 1 aliphatic heterocycles. The number of fused-ring (bicyclic) bond motifs is 2. The summed E-state index contributed by atoms with van der Waals surface area (Å²) in [7, 11) is 0. The van der Waals surface area contributed by atoms with Crippen molar-refractivity contribution in [1.82, 2.24) is 4.98 Å². The molecule has 2 heterocycles. The monoisotopic (exact) mass is 277 g/mol. The van der Waals surface area contributed by atoms with Crippen molar-refractivity contribution in [3.63, 3.8) is 0 Å². The Morgan fingerprint density at radius 1 is 1.10 bits per heavy atom. The van der Waals surface area contributed by atoms with Crippen molar-refractivity contribution in [1.29, 1.82) is 0 Å². The molecule has 2 aromatic carbocycles. The predicted octanol–water partition coefficient (Wildman–Crippen LogP) is 3.36. The van der Waals surface area contributed by atoms with Crippen LogP contribution >= 0.6 is 0 Å². The van der Waals surface area contributed by atoms with Gasteiger partial charge in [-0.25, -0.2) is 0 Å². The molecule has 4 rings (SSSR count). The van der Waals surface area contributed by atoms with Crippen LogP contribution in [0, 0.1) is 0 Å². The lowest BCUT2D eigenvalue weighted by molar-refractivity contribution is 0.340. The first-order valence-corrected chi connectivity index (χ1v) is 6.93. The van der Waals surface area contributed by atoms with Gasteiger partial charge in [0.2, 0.25) is 0 Å². The van der Waals surface area contributed by atoms with E-state index in [1.165, 1.54) is 5.56 Å². The van der Waals surface area contributed by atoms with Gasteiger partial charge in [-0.05, 0) is 24.3 Å². The standard InChI is InChI=1S/C17H15N3O/c18-14-5-6-15(13-9-19-8-7-11(13)14)20-16-10-21-17-4-2-1-3-12(16)17/h1-9,16,20H,10,18H2. The number of nitrogens with zero attached hydrogens (tertiary/aromatic N) is 1. The van der Waals surface area contributed by atoms with Crippen LogP contribution in [0.3, 0.4) is 0 Å². The number of hydrogen-bond donors (Lipinski definition) is 2. The Balaban J connectivity index is 1.75. The minimum atomic E-state index is 0.147. The second-order valence-corrected chi connectivity index (χ2v) is 5.17. The molecule has 0 bridgehead atoms. The van der Waals surface area contributed by atoms with Crippen LogP contribution in [0.5, 0.6) is 5.75 Å². The molecule has 3 aromatic rings. The third-order valence-corrected chi connectivity index (χ3v) is 3.88. The Hall–Kier alpha value is -2.75. The number of nitrogens with two attached hydrogens (primary N) is 1. The van der Waals surface area contributed by atoms with E-state index in [1.54, 1.807) is 6.20 Å². The normalized spacial score (nSPS) is 16.5. The van der Waals surface area contributed by atoms with Crippen LogP contribution < -0.4 is 15.8 Å². The molecular formula is C17H15N3O. The molecule has 0 saturated heterocycles. The van der Waals surface area contributed by atoms with E-state index in [2.05, 4.69) is 16.4 Å². The van der Waals surface area contributed by atoms with Gasteiger partial charge in [-0.3, -0.25) is 4.98 Å². The number of pyridine rings is 1. The average molecular weight is 277 g/mol. The Morgan fingerprint density at radius 3 is 2.95 bits per heavy atom. The summed E-state index contributed by atoms with van der Waals surface area (Å²) in [5.74, 6) is 0.952. The Morgan fingerprint density at radius 2 is 2.00 bits per heavy atom. The van der Waals surface area contributed by atoms with Gasteiger partial charge < -0.3 is 15.8 Å². The van der Waals surface area contributed by atoms with Crippen molar-refractivity contribution >= 4 is 22.1 Å². The van der Waals surface area contributed by atoms with Crippen LogP contribution in [0.4, 0.5) is 11.4 Å². The lowest BCUT2D eigenvalue weighted by Crippen LogP contribution is -2.12. The number of nitrogen functional groups attached to an aromatic ring is 1. The highest BCUT2D eigenvalue weighted by molar-refractivity contribution is 6.00. The lowest BCUT2D eigenvalue weighted by Gasteiger charge is -2.16. The predicted molar refractivity (Wildman–Crippen MR) is 84.5 cm³/mol. The summed E-state index contributed by atoms with van der Waals surface area (Å²) < 4.78 is 5.72. The summed E-state index contributed by atoms with van der Waals surface area (Å²) in [5, 5.41) is 5.59. The minimum absolute atomic E-state index is 0.147. The average Bonchev–Trinajstić information content (AvgIpc) is 2.94. The van der Waals surface area contributed by atoms with Gasteiger partial charge in [-0.1, -0.05) is 18.2 Å². The number of aromatic nitrogens is 1. The molecule has 4 nitrogen and oxygen atoms in total. The van der Waals surface area contributed by atoms with E-state index < -0.39 is 0 Å². The first-order chi connectivity index (χ1) is 10.3. The van der Waals surface area contributed by atoms with Crippen LogP contribution in [0.1, 0.15) is 11.6 Å². The molecule has 3 N–H and O–H groups in total. The topological polar surface area (TPSA) is 60.2 Å². The molecule has 1 aliphatic rings. The van der Waals surface area contributed by atoms with E-state index in [4.69, 9.17) is 10.5 Å². The number of para-hydroxylation sites is 1. The highest BCUT2D eigenvalue weighted by Crippen LogP contribution is 2.36. The Bertz CT molecular complexity index is 816. The second-order valence-electron chi connectivity index (χ2n) is 5.17. The molecule has 0 spiro atoms. The first kappa shape index (κ1) is 12.0. The van der Waals surface area contributed by atoms with E-state index in [9.17, 15) is 0 Å². The van der Waals surface area contributed by atoms with Crippen molar-refractivity contribution in [2.75, 3.05) is 17.7 Å². The molecule has 4 heteroatoms. The highest BCUT2D eigenvalue weighted by atomic mass is 16.5. The van der Waals surface area contributed by atoms with Crippen LogP contribution in [0.15, 0.2) is 54.9 Å². The minimum Gasteiger partial charge on any atom is -0.491 e. The third kappa shape index (κ3) is 1.96. The molecule has 0 aliphatic carbocycles. The van der Waals surface area contributed by atoms with E-state index in [1.807, 2.05) is 42.6 Å². The largest absolute Gasteiger partial charge is 0.491 e. The van der Waals surface area contributed by atoms with Crippen molar-refractivity contribution in [2.45, 2.75) is 6.04 Å². The zero-order valence-electron chi connectivity index (χ0n) is 11.4. The fraction of sp³-hybridized carbons (Fsp3) is 0.118. The SMILES string of the molecule is Nc1ccc(NC2COc3ccccc32)c2cnccc12. The van der Waals surface area contributed by atoms with Gasteiger partial charge in [-0.2, -0.15) is 0 Å². The zero-order valence-corrected chi connectivity index (χ0v) is 11.4. The Labute approximate surface area is 122 Å². The van der Waals surface area contributed by atoms with Crippen molar-refractivity contribution < 1.29 is 4.74 Å². The van der Waals surface area contributed by atoms with Crippen LogP contribution in [-0.2, 0) is 0 Å². The Kier molecular flexibility index (Phi) is 2.67. The summed E-state index contributed by atoms with van der Waals surface area (Å²) in [6, 6.07) is 14.1. The highest BCUT2D eigenvalue weighted by Gasteiger charge is 2.23. The number of benzene rings is 2. The number of anilines is 2. The van der Waals surface area contributed by atoms with E-state index in [0.717, 1.165) is 27.9 Å². The van der Waals surface area contributed by atoms with Gasteiger partial charge in [0, 0.05) is 40.1 Å². The molecule has 0 fully saturated rings. The van der Waals surface area contributed by atoms with Crippen LogP contribution in [0.2, 0.25) is 0 Å². The van der Waals surface area contributed by atoms with E-state index in [0.29, 0.717) is 6.61 Å². The molecule has 104 valence electrons. The van der Waals surface area contributed by atoms with Gasteiger partial charge >= 0.3 is 0 Å². The van der Waals surface area contributed by atoms with E-state index >= 15 is 0 Å². The zero-order chi connectivity index (χ0) is 14.2. The van der Waals surface area contributed by atoms with E-state index in [-0.39, 0.29) is 6.04 Å². The van der Waals surface area contributed by atoms with Crippen LogP contribution in [0.25, 0.3) is 10.8 Å². The summed E-state index contributed by atoms with van der Waals surface area (Å²) >= 11 is 0. The molecule has 0 radical (unpaired) electrons. The number of rotatable bonds is 2. The smallest absolute Gasteiger partial charge is 0.124 e. The van der Waals surface area contributed by atoms with Gasteiger partial charge in [0.05, 0.1) is 6.04 Å². The molecule has 1 atom stereocenters. The second kappa shape index (κ2) is 4.66. The van der Waals surface area contributed by atoms with Crippen LogP contribution in [-0.4, -0.2) is 11.6 Å². The fourth-order valence-electron chi connectivity index (χ4n) is 2.81. The fourth-order valence-corrected chi connectivity index (χ4v) is 2.81. The molecule has 0 amide bonds. The molecular weight excluding hydrogens is 262 g/mol. The quantitative estimate of drug-likeness (QED) is 0.705. The maximum Gasteiger partial charge on any atom is 0.124 e. The maximum absolute atomic E-state index is 6.03. The molecule has 1 unspecified atom stereocenters. The summed E-state index contributed by atoms with van der Waals surface area (Å²) in [5.41, 5.74) is 9.01. The maximum atomic E-state index is 6.03. The number of nitrogens with one attached hydrogen (secondary N) is 1. The summed E-state index contributed by atoms with van der Waals surface area (Å²) in [4.78, 5) is 4.21. The number of ether oxygens (including phenoxy) is 1. The van der Waals surface area contributed by atoms with Crippen molar-refractivity contribution in [3.8, 4) is 5.75 Å². The van der Waals surface area contributed by atoms with Gasteiger partial charge in [0.1, 0.15) is 12.4 Å².